The van der Waals surface area contributed by atoms with Crippen LogP contribution in [-0.2, 0) is 11.3 Å². The highest BCUT2D eigenvalue weighted by Crippen LogP contribution is 2.33. The minimum atomic E-state index is -0.614. The van der Waals surface area contributed by atoms with Gasteiger partial charge in [0.2, 0.25) is 6.10 Å². The van der Waals surface area contributed by atoms with Crippen molar-refractivity contribution in [3.63, 3.8) is 0 Å². The molecule has 0 radical (unpaired) electrons. The first kappa shape index (κ1) is 22.8. The zero-order valence-electron chi connectivity index (χ0n) is 19.5. The Hall–Kier alpha value is -3.66. The number of piperidine rings is 1. The van der Waals surface area contributed by atoms with Gasteiger partial charge in [-0.05, 0) is 52.5 Å². The Morgan fingerprint density at radius 1 is 1.11 bits per heavy atom. The number of hydrogen-bond acceptors (Lipinski definition) is 7. The van der Waals surface area contributed by atoms with Crippen molar-refractivity contribution in [3.05, 3.63) is 76.8 Å². The minimum absolute atomic E-state index is 0.0243. The lowest BCUT2D eigenvalue weighted by Gasteiger charge is -2.35. The van der Waals surface area contributed by atoms with Gasteiger partial charge in [0.05, 0.1) is 10.7 Å². The Kier molecular flexibility index (Phi) is 6.18. The zero-order chi connectivity index (χ0) is 24.5. The molecule has 0 aliphatic carbocycles. The van der Waals surface area contributed by atoms with E-state index >= 15 is 0 Å². The van der Waals surface area contributed by atoms with Crippen LogP contribution in [0.1, 0.15) is 30.0 Å². The summed E-state index contributed by atoms with van der Waals surface area (Å²) in [6, 6.07) is 13.5. The number of rotatable bonds is 5. The normalized spacial score (nSPS) is 17.8. The fraction of sp³-hybridized carbons (Fsp3) is 0.308. The van der Waals surface area contributed by atoms with Crippen LogP contribution in [0, 0.1) is 0 Å². The van der Waals surface area contributed by atoms with Crippen molar-refractivity contribution in [2.45, 2.75) is 31.4 Å². The highest BCUT2D eigenvalue weighted by atomic mass is 79.9. The van der Waals surface area contributed by atoms with Gasteiger partial charge in [-0.3, -0.25) is 9.78 Å². The maximum absolute atomic E-state index is 13.1. The van der Waals surface area contributed by atoms with Crippen molar-refractivity contribution in [2.24, 2.45) is 0 Å². The lowest BCUT2D eigenvalue weighted by Crippen LogP contribution is -2.48. The smallest absolute Gasteiger partial charge is 0.267 e. The molecule has 0 bridgehead atoms. The molecule has 5 heterocycles. The monoisotopic (exact) mass is 548 g/mol. The van der Waals surface area contributed by atoms with Crippen molar-refractivity contribution < 1.29 is 14.3 Å². The van der Waals surface area contributed by atoms with Gasteiger partial charge in [0.25, 0.3) is 5.91 Å². The molecule has 3 aromatic heterocycles. The van der Waals surface area contributed by atoms with Gasteiger partial charge < -0.3 is 19.7 Å². The summed E-state index contributed by atoms with van der Waals surface area (Å²) in [4.78, 5) is 24.1. The summed E-state index contributed by atoms with van der Waals surface area (Å²) in [6.45, 7) is 2.16. The van der Waals surface area contributed by atoms with E-state index in [0.29, 0.717) is 31.1 Å². The number of hydrogen-bond donors (Lipinski definition) is 1. The van der Waals surface area contributed by atoms with Crippen molar-refractivity contribution in [1.82, 2.24) is 24.5 Å². The molecule has 9 nitrogen and oxygen atoms in total. The first-order valence-corrected chi connectivity index (χ1v) is 12.8. The van der Waals surface area contributed by atoms with Gasteiger partial charge in [0, 0.05) is 49.7 Å². The molecule has 1 amide bonds. The molecule has 2 aliphatic rings. The number of halogens is 1. The number of fused-ring (bicyclic) bond motifs is 2. The lowest BCUT2D eigenvalue weighted by molar-refractivity contribution is -0.142. The number of aromatic nitrogens is 4. The van der Waals surface area contributed by atoms with Crippen LogP contribution in [0.25, 0.3) is 5.65 Å². The fourth-order valence-corrected chi connectivity index (χ4v) is 5.07. The number of nitrogens with zero attached hydrogens (tertiary/aromatic N) is 5. The molecule has 0 spiro atoms. The molecule has 4 aromatic rings. The number of likely N-dealkylation sites (tertiary alicyclic amines) is 1. The van der Waals surface area contributed by atoms with Gasteiger partial charge in [-0.25, -0.2) is 4.98 Å². The van der Waals surface area contributed by atoms with Gasteiger partial charge >= 0.3 is 0 Å². The van der Waals surface area contributed by atoms with E-state index in [0.717, 1.165) is 40.0 Å². The summed E-state index contributed by atoms with van der Waals surface area (Å²) < 4.78 is 14.3. The zero-order valence-corrected chi connectivity index (χ0v) is 21.1. The Morgan fingerprint density at radius 3 is 2.75 bits per heavy atom. The van der Waals surface area contributed by atoms with E-state index in [4.69, 9.17) is 14.5 Å². The molecular formula is C26H25BrN6O3. The van der Waals surface area contributed by atoms with E-state index in [9.17, 15) is 4.79 Å². The summed E-state index contributed by atoms with van der Waals surface area (Å²) in [5.41, 5.74) is 2.85. The maximum Gasteiger partial charge on any atom is 0.267 e. The third-order valence-electron chi connectivity index (χ3n) is 6.65. The number of nitrogens with one attached hydrogen (secondary N) is 1. The van der Waals surface area contributed by atoms with E-state index in [1.807, 2.05) is 47.5 Å². The van der Waals surface area contributed by atoms with Crippen LogP contribution in [0.15, 0.2) is 65.5 Å². The number of anilines is 1. The van der Waals surface area contributed by atoms with Crippen molar-refractivity contribution in [1.29, 1.82) is 0 Å². The van der Waals surface area contributed by atoms with Crippen LogP contribution in [-0.4, -0.2) is 56.2 Å². The SMILES string of the molecule is O=C(C1COc2ccccc2O1)N1CCC(c2cc(NCc3cccnc3)n3ncc(Br)c3n2)CC1. The molecule has 1 N–H and O–H groups in total. The van der Waals surface area contributed by atoms with Crippen LogP contribution in [0.3, 0.4) is 0 Å². The van der Waals surface area contributed by atoms with Crippen molar-refractivity contribution in [3.8, 4) is 11.5 Å². The molecule has 1 aromatic carbocycles. The number of para-hydroxylation sites is 2. The Morgan fingerprint density at radius 2 is 1.94 bits per heavy atom. The van der Waals surface area contributed by atoms with Crippen LogP contribution in [0.4, 0.5) is 5.82 Å². The Bertz CT molecular complexity index is 1390. The quantitative estimate of drug-likeness (QED) is 0.402. The number of carbonyl (C=O) groups is 1. The minimum Gasteiger partial charge on any atom is -0.485 e. The first-order chi connectivity index (χ1) is 17.7. The van der Waals surface area contributed by atoms with Crippen LogP contribution in [0.5, 0.6) is 11.5 Å². The topological polar surface area (TPSA) is 93.9 Å². The third kappa shape index (κ3) is 4.48. The lowest BCUT2D eigenvalue weighted by atomic mass is 9.93. The molecule has 6 rings (SSSR count). The summed E-state index contributed by atoms with van der Waals surface area (Å²) in [6.07, 6.45) is 6.40. The number of amides is 1. The highest BCUT2D eigenvalue weighted by molar-refractivity contribution is 9.10. The second-order valence-electron chi connectivity index (χ2n) is 8.97. The first-order valence-electron chi connectivity index (χ1n) is 12.0. The summed E-state index contributed by atoms with van der Waals surface area (Å²) >= 11 is 3.58. The van der Waals surface area contributed by atoms with Crippen molar-refractivity contribution in [2.75, 3.05) is 25.0 Å². The predicted octanol–water partition coefficient (Wildman–Crippen LogP) is 4.04. The molecular weight excluding hydrogens is 524 g/mol. The van der Waals surface area contributed by atoms with E-state index < -0.39 is 6.10 Å². The van der Waals surface area contributed by atoms with Gasteiger partial charge in [-0.2, -0.15) is 9.61 Å². The number of ether oxygens (including phenoxy) is 2. The molecule has 36 heavy (non-hydrogen) atoms. The van der Waals surface area contributed by atoms with Crippen LogP contribution < -0.4 is 14.8 Å². The molecule has 1 fully saturated rings. The Balaban J connectivity index is 1.15. The molecule has 184 valence electrons. The average molecular weight is 549 g/mol. The van der Waals surface area contributed by atoms with E-state index in [-0.39, 0.29) is 18.4 Å². The summed E-state index contributed by atoms with van der Waals surface area (Å²) in [7, 11) is 0. The largest absolute Gasteiger partial charge is 0.485 e. The predicted molar refractivity (Wildman–Crippen MR) is 137 cm³/mol. The summed E-state index contributed by atoms with van der Waals surface area (Å²) in [5.74, 6) is 2.38. The van der Waals surface area contributed by atoms with E-state index in [1.165, 1.54) is 0 Å². The molecule has 1 atom stereocenters. The van der Waals surface area contributed by atoms with Gasteiger partial charge in [0.1, 0.15) is 12.4 Å². The summed E-state index contributed by atoms with van der Waals surface area (Å²) in [5, 5.41) is 7.95. The fourth-order valence-electron chi connectivity index (χ4n) is 4.73. The van der Waals surface area contributed by atoms with Crippen LogP contribution >= 0.6 is 15.9 Å². The molecule has 0 saturated carbocycles. The Labute approximate surface area is 216 Å². The van der Waals surface area contributed by atoms with Crippen LogP contribution in [0.2, 0.25) is 0 Å². The average Bonchev–Trinajstić information content (AvgIpc) is 3.32. The highest BCUT2D eigenvalue weighted by Gasteiger charge is 2.33. The number of benzene rings is 1. The standard InChI is InChI=1S/C26H25BrN6O3/c27-19-15-30-33-24(29-14-17-4-3-9-28-13-17)12-20(31-25(19)33)18-7-10-32(11-8-18)26(34)23-16-35-21-5-1-2-6-22(21)36-23/h1-6,9,12-13,15,18,23,29H,7-8,10-11,14,16H2. The van der Waals surface area contributed by atoms with E-state index in [2.05, 4.69) is 37.4 Å². The number of carbonyl (C=O) groups excluding carboxylic acids is 1. The molecule has 1 unspecified atom stereocenters. The van der Waals surface area contributed by atoms with Gasteiger partial charge in [0.15, 0.2) is 17.1 Å². The number of pyridine rings is 1. The van der Waals surface area contributed by atoms with Gasteiger partial charge in [-0.15, -0.1) is 0 Å². The maximum atomic E-state index is 13.1. The molecule has 2 aliphatic heterocycles. The third-order valence-corrected chi connectivity index (χ3v) is 7.21. The van der Waals surface area contributed by atoms with Gasteiger partial charge in [-0.1, -0.05) is 18.2 Å². The van der Waals surface area contributed by atoms with E-state index in [1.54, 1.807) is 16.9 Å². The second-order valence-corrected chi connectivity index (χ2v) is 9.83. The molecule has 10 heteroatoms. The second kappa shape index (κ2) is 9.77. The van der Waals surface area contributed by atoms with Crippen molar-refractivity contribution >= 4 is 33.3 Å². The molecule has 1 saturated heterocycles.